The molecule has 1 aromatic carbocycles. The molecule has 5 unspecified atom stereocenters. The number of benzene rings is 1. The van der Waals surface area contributed by atoms with E-state index < -0.39 is 54.0 Å². The van der Waals surface area contributed by atoms with Gasteiger partial charge in [0.25, 0.3) is 0 Å². The maximum atomic E-state index is 13.0. The van der Waals surface area contributed by atoms with Gasteiger partial charge in [0.1, 0.15) is 23.9 Å². The van der Waals surface area contributed by atoms with Crippen LogP contribution in [0.25, 0.3) is 0 Å². The number of carbonyl (C=O) groups is 4. The first-order valence-electron chi connectivity index (χ1n) is 12.1. The lowest BCUT2D eigenvalue weighted by molar-refractivity contribution is -0.143. The minimum Gasteiger partial charge on any atom is -0.508 e. The van der Waals surface area contributed by atoms with Gasteiger partial charge in [-0.25, -0.2) is 4.79 Å². The standard InChI is InChI=1S/C25H40N4O7/c1-13(2)10-19(27-22(32)18(26)12-16-6-8-17(31)9-7-16)23(33)29-21(15(5)30)24(34)28-20(25(35)36)11-14(3)4/h6-9,13-15,18-21,30-31H,10-12,26H2,1-5H3,(H,27,32)(H,28,34)(H,29,33)(H,35,36). The van der Waals surface area contributed by atoms with E-state index in [2.05, 4.69) is 16.0 Å². The van der Waals surface area contributed by atoms with Crippen LogP contribution in [0.2, 0.25) is 0 Å². The zero-order valence-corrected chi connectivity index (χ0v) is 21.5. The number of aliphatic hydroxyl groups excluding tert-OH is 1. The Morgan fingerprint density at radius 1 is 0.806 bits per heavy atom. The van der Waals surface area contributed by atoms with Crippen molar-refractivity contribution in [1.82, 2.24) is 16.0 Å². The van der Waals surface area contributed by atoms with Crippen molar-refractivity contribution in [3.63, 3.8) is 0 Å². The average Bonchev–Trinajstić information content (AvgIpc) is 2.76. The molecule has 3 amide bonds. The molecule has 0 spiro atoms. The minimum absolute atomic E-state index is 0.00404. The summed E-state index contributed by atoms with van der Waals surface area (Å²) in [6, 6.07) is 1.61. The van der Waals surface area contributed by atoms with Crippen LogP contribution >= 0.6 is 0 Å². The normalized spacial score (nSPS) is 15.5. The lowest BCUT2D eigenvalue weighted by atomic mass is 10.00. The van der Waals surface area contributed by atoms with Crippen molar-refractivity contribution in [2.24, 2.45) is 17.6 Å². The number of nitrogens with one attached hydrogen (secondary N) is 3. The Balaban J connectivity index is 2.93. The topological polar surface area (TPSA) is 191 Å². The fourth-order valence-corrected chi connectivity index (χ4v) is 3.57. The van der Waals surface area contributed by atoms with E-state index >= 15 is 0 Å². The molecule has 0 aliphatic rings. The molecule has 202 valence electrons. The van der Waals surface area contributed by atoms with E-state index in [0.29, 0.717) is 0 Å². The molecule has 5 atom stereocenters. The maximum absolute atomic E-state index is 13.0. The lowest BCUT2D eigenvalue weighted by Gasteiger charge is -2.27. The third-order valence-electron chi connectivity index (χ3n) is 5.45. The number of aliphatic carboxylic acids is 1. The van der Waals surface area contributed by atoms with E-state index in [1.54, 1.807) is 12.1 Å². The molecule has 0 radical (unpaired) electrons. The van der Waals surface area contributed by atoms with Gasteiger partial charge in [-0.1, -0.05) is 39.8 Å². The van der Waals surface area contributed by atoms with Crippen molar-refractivity contribution in [3.8, 4) is 5.75 Å². The van der Waals surface area contributed by atoms with Crippen LogP contribution in [0.15, 0.2) is 24.3 Å². The lowest BCUT2D eigenvalue weighted by Crippen LogP contribution is -2.60. The van der Waals surface area contributed by atoms with Gasteiger partial charge in [-0.2, -0.15) is 0 Å². The fraction of sp³-hybridized carbons (Fsp3) is 0.600. The van der Waals surface area contributed by atoms with E-state index in [0.717, 1.165) is 5.56 Å². The maximum Gasteiger partial charge on any atom is 0.326 e. The van der Waals surface area contributed by atoms with Crippen LogP contribution in [-0.4, -0.2) is 69.3 Å². The van der Waals surface area contributed by atoms with Gasteiger partial charge in [0, 0.05) is 0 Å². The number of phenols is 1. The highest BCUT2D eigenvalue weighted by Crippen LogP contribution is 2.12. The number of hydrogen-bond donors (Lipinski definition) is 7. The predicted octanol–water partition coefficient (Wildman–Crippen LogP) is 0.274. The first kappa shape index (κ1) is 30.9. The molecular formula is C25H40N4O7. The quantitative estimate of drug-likeness (QED) is 0.186. The number of aromatic hydroxyl groups is 1. The minimum atomic E-state index is -1.43. The van der Waals surface area contributed by atoms with Crippen molar-refractivity contribution < 1.29 is 34.5 Å². The SMILES string of the molecule is CC(C)CC(NC(=O)C(NC(=O)C(CC(C)C)NC(=O)C(N)Cc1ccc(O)cc1)C(C)O)C(=O)O. The first-order chi connectivity index (χ1) is 16.7. The van der Waals surface area contributed by atoms with Gasteiger partial charge >= 0.3 is 5.97 Å². The molecule has 36 heavy (non-hydrogen) atoms. The summed E-state index contributed by atoms with van der Waals surface area (Å²) in [5.74, 6) is -3.28. The van der Waals surface area contributed by atoms with Gasteiger partial charge in [0.15, 0.2) is 0 Å². The Kier molecular flexibility index (Phi) is 12.3. The van der Waals surface area contributed by atoms with E-state index in [9.17, 15) is 34.5 Å². The number of carboxylic acid groups (broad SMARTS) is 1. The van der Waals surface area contributed by atoms with Gasteiger partial charge < -0.3 is 37.0 Å². The zero-order chi connectivity index (χ0) is 27.6. The van der Waals surface area contributed by atoms with Crippen LogP contribution in [-0.2, 0) is 25.6 Å². The van der Waals surface area contributed by atoms with Crippen molar-refractivity contribution in [2.45, 2.75) is 84.2 Å². The van der Waals surface area contributed by atoms with Crippen molar-refractivity contribution in [2.75, 3.05) is 0 Å². The number of phenolic OH excluding ortho intramolecular Hbond substituents is 1. The van der Waals surface area contributed by atoms with E-state index in [1.165, 1.54) is 19.1 Å². The average molecular weight is 509 g/mol. The summed E-state index contributed by atoms with van der Waals surface area (Å²) in [6.07, 6.45) is -0.739. The molecule has 0 saturated carbocycles. The second-order valence-electron chi connectivity index (χ2n) is 9.92. The highest BCUT2D eigenvalue weighted by Gasteiger charge is 2.33. The number of aliphatic hydroxyl groups is 1. The summed E-state index contributed by atoms with van der Waals surface area (Å²) in [5, 5.41) is 36.3. The van der Waals surface area contributed by atoms with Crippen molar-refractivity contribution >= 4 is 23.7 Å². The molecule has 11 heteroatoms. The largest absolute Gasteiger partial charge is 0.508 e. The van der Waals surface area contributed by atoms with Crippen LogP contribution in [0.5, 0.6) is 5.75 Å². The highest BCUT2D eigenvalue weighted by atomic mass is 16.4. The Morgan fingerprint density at radius 3 is 1.78 bits per heavy atom. The van der Waals surface area contributed by atoms with Gasteiger partial charge in [0.2, 0.25) is 17.7 Å². The molecule has 1 aromatic rings. The molecule has 0 fully saturated rings. The molecular weight excluding hydrogens is 468 g/mol. The third kappa shape index (κ3) is 10.6. The molecule has 0 heterocycles. The summed E-state index contributed by atoms with van der Waals surface area (Å²) >= 11 is 0. The number of carbonyl (C=O) groups excluding carboxylic acids is 3. The van der Waals surface area contributed by atoms with Gasteiger partial charge in [-0.15, -0.1) is 0 Å². The van der Waals surface area contributed by atoms with Crippen LogP contribution in [0.1, 0.15) is 53.0 Å². The molecule has 11 nitrogen and oxygen atoms in total. The number of amides is 3. The number of nitrogens with two attached hydrogens (primary N) is 1. The van der Waals surface area contributed by atoms with Crippen LogP contribution in [0.3, 0.4) is 0 Å². The van der Waals surface area contributed by atoms with Gasteiger partial charge in [-0.3, -0.25) is 14.4 Å². The number of rotatable bonds is 14. The molecule has 0 saturated heterocycles. The summed E-state index contributed by atoms with van der Waals surface area (Å²) in [7, 11) is 0. The molecule has 0 aromatic heterocycles. The zero-order valence-electron chi connectivity index (χ0n) is 21.5. The second-order valence-corrected chi connectivity index (χ2v) is 9.92. The Bertz CT molecular complexity index is 887. The fourth-order valence-electron chi connectivity index (χ4n) is 3.57. The number of carboxylic acids is 1. The van der Waals surface area contributed by atoms with Crippen molar-refractivity contribution in [1.29, 1.82) is 0 Å². The van der Waals surface area contributed by atoms with E-state index in [1.807, 2.05) is 27.7 Å². The van der Waals surface area contributed by atoms with Crippen LogP contribution in [0, 0.1) is 11.8 Å². The summed E-state index contributed by atoms with van der Waals surface area (Å²) in [4.78, 5) is 50.0. The first-order valence-corrected chi connectivity index (χ1v) is 12.1. The van der Waals surface area contributed by atoms with Crippen LogP contribution < -0.4 is 21.7 Å². The van der Waals surface area contributed by atoms with E-state index in [-0.39, 0.29) is 36.8 Å². The summed E-state index contributed by atoms with van der Waals surface area (Å²) < 4.78 is 0. The summed E-state index contributed by atoms with van der Waals surface area (Å²) in [6.45, 7) is 8.62. The van der Waals surface area contributed by atoms with Crippen LogP contribution in [0.4, 0.5) is 0 Å². The molecule has 0 aliphatic carbocycles. The highest BCUT2D eigenvalue weighted by molar-refractivity contribution is 5.94. The van der Waals surface area contributed by atoms with Gasteiger partial charge in [0.05, 0.1) is 12.1 Å². The van der Waals surface area contributed by atoms with Crippen molar-refractivity contribution in [3.05, 3.63) is 29.8 Å². The third-order valence-corrected chi connectivity index (χ3v) is 5.45. The van der Waals surface area contributed by atoms with Gasteiger partial charge in [-0.05, 0) is 55.7 Å². The monoisotopic (exact) mass is 508 g/mol. The summed E-state index contributed by atoms with van der Waals surface area (Å²) in [5.41, 5.74) is 6.74. The second kappa shape index (κ2) is 14.4. The Labute approximate surface area is 211 Å². The molecule has 0 bridgehead atoms. The smallest absolute Gasteiger partial charge is 0.326 e. The number of hydrogen-bond acceptors (Lipinski definition) is 7. The molecule has 8 N–H and O–H groups in total. The molecule has 0 aliphatic heterocycles. The predicted molar refractivity (Wildman–Crippen MR) is 134 cm³/mol. The van der Waals surface area contributed by atoms with E-state index in [4.69, 9.17) is 5.73 Å². The Hall–Kier alpha value is -3.18. The molecule has 1 rings (SSSR count). The Morgan fingerprint density at radius 2 is 1.31 bits per heavy atom.